The van der Waals surface area contributed by atoms with Gasteiger partial charge < -0.3 is 21.3 Å². The van der Waals surface area contributed by atoms with E-state index in [-0.39, 0.29) is 11.8 Å². The molecular weight excluding hydrogens is 278 g/mol. The molecule has 1 atom stereocenters. The molecule has 1 saturated heterocycles. The van der Waals surface area contributed by atoms with E-state index in [0.717, 1.165) is 70.4 Å². The maximum Gasteiger partial charge on any atom is 0.221 e. The van der Waals surface area contributed by atoms with E-state index in [2.05, 4.69) is 27.4 Å². The summed E-state index contributed by atoms with van der Waals surface area (Å²) in [6.45, 7) is 7.76. The summed E-state index contributed by atoms with van der Waals surface area (Å²) in [6, 6.07) is 0. The largest absolute Gasteiger partial charge is 0.369 e. The zero-order chi connectivity index (χ0) is 15.8. The number of carbonyl (C=O) groups is 1. The molecule has 0 bridgehead atoms. The van der Waals surface area contributed by atoms with Crippen LogP contribution in [-0.4, -0.2) is 56.0 Å². The monoisotopic (exact) mass is 309 g/mol. The van der Waals surface area contributed by atoms with E-state index in [0.29, 0.717) is 0 Å². The first-order valence-electron chi connectivity index (χ1n) is 8.73. The normalized spacial score (nSPS) is 23.3. The molecule has 2 fully saturated rings. The fourth-order valence-electron chi connectivity index (χ4n) is 2.86. The van der Waals surface area contributed by atoms with Gasteiger partial charge in [-0.15, -0.1) is 0 Å². The predicted molar refractivity (Wildman–Crippen MR) is 89.7 cm³/mol. The molecule has 1 aliphatic heterocycles. The van der Waals surface area contributed by atoms with Gasteiger partial charge in [0.2, 0.25) is 5.91 Å². The van der Waals surface area contributed by atoms with Crippen LogP contribution in [0.1, 0.15) is 39.0 Å². The quantitative estimate of drug-likeness (QED) is 0.347. The Morgan fingerprint density at radius 3 is 2.82 bits per heavy atom. The van der Waals surface area contributed by atoms with Crippen LogP contribution in [0.4, 0.5) is 0 Å². The minimum atomic E-state index is -0.149. The number of piperidine rings is 1. The zero-order valence-electron chi connectivity index (χ0n) is 13.8. The Kier molecular flexibility index (Phi) is 6.96. The Morgan fingerprint density at radius 1 is 1.32 bits per heavy atom. The molecule has 1 aliphatic carbocycles. The number of aliphatic imine (C=N–C) groups is 1. The van der Waals surface area contributed by atoms with E-state index < -0.39 is 0 Å². The van der Waals surface area contributed by atoms with Gasteiger partial charge in [-0.1, -0.05) is 0 Å². The van der Waals surface area contributed by atoms with E-state index in [4.69, 9.17) is 5.73 Å². The van der Waals surface area contributed by atoms with Gasteiger partial charge in [0.1, 0.15) is 0 Å². The van der Waals surface area contributed by atoms with Crippen molar-refractivity contribution in [2.24, 2.45) is 22.6 Å². The van der Waals surface area contributed by atoms with E-state index in [1.54, 1.807) is 0 Å². The summed E-state index contributed by atoms with van der Waals surface area (Å²) in [7, 11) is 0. The summed E-state index contributed by atoms with van der Waals surface area (Å²) in [5.41, 5.74) is 5.42. The zero-order valence-corrected chi connectivity index (χ0v) is 13.8. The van der Waals surface area contributed by atoms with Crippen LogP contribution in [0.2, 0.25) is 0 Å². The molecule has 22 heavy (non-hydrogen) atoms. The molecule has 6 heteroatoms. The van der Waals surface area contributed by atoms with Gasteiger partial charge in [0.15, 0.2) is 5.96 Å². The van der Waals surface area contributed by atoms with Crippen LogP contribution >= 0.6 is 0 Å². The van der Waals surface area contributed by atoms with Crippen molar-refractivity contribution < 1.29 is 4.79 Å². The molecule has 4 N–H and O–H groups in total. The smallest absolute Gasteiger partial charge is 0.221 e. The maximum absolute atomic E-state index is 11.3. The highest BCUT2D eigenvalue weighted by molar-refractivity contribution is 5.79. The van der Waals surface area contributed by atoms with Crippen LogP contribution in [-0.2, 0) is 4.79 Å². The number of hydrogen-bond acceptors (Lipinski definition) is 3. The van der Waals surface area contributed by atoms with Gasteiger partial charge >= 0.3 is 0 Å². The van der Waals surface area contributed by atoms with Crippen molar-refractivity contribution in [1.82, 2.24) is 15.5 Å². The Morgan fingerprint density at radius 2 is 2.14 bits per heavy atom. The summed E-state index contributed by atoms with van der Waals surface area (Å²) in [6.07, 6.45) is 5.74. The second-order valence-corrected chi connectivity index (χ2v) is 6.49. The van der Waals surface area contributed by atoms with Crippen molar-refractivity contribution in [3.63, 3.8) is 0 Å². The Hall–Kier alpha value is -1.30. The lowest BCUT2D eigenvalue weighted by Gasteiger charge is -2.31. The molecule has 6 nitrogen and oxygen atoms in total. The van der Waals surface area contributed by atoms with Gasteiger partial charge in [-0.05, 0) is 58.0 Å². The van der Waals surface area contributed by atoms with Gasteiger partial charge in [0, 0.05) is 26.2 Å². The Balaban J connectivity index is 1.62. The van der Waals surface area contributed by atoms with Crippen molar-refractivity contribution in [1.29, 1.82) is 0 Å². The third-order valence-corrected chi connectivity index (χ3v) is 4.40. The Bertz CT molecular complexity index is 381. The number of guanidine groups is 1. The first kappa shape index (κ1) is 17.1. The van der Waals surface area contributed by atoms with Gasteiger partial charge in [0.25, 0.3) is 0 Å². The first-order valence-corrected chi connectivity index (χ1v) is 8.73. The second-order valence-electron chi connectivity index (χ2n) is 6.49. The molecule has 2 rings (SSSR count). The summed E-state index contributed by atoms with van der Waals surface area (Å²) in [5, 5.41) is 6.69. The molecule has 0 radical (unpaired) electrons. The standard InChI is InChI=1S/C16H31N5O/c1-2-18-16(20-11-13-6-7-13)19-8-4-10-21-9-3-5-14(12-21)15(17)22/h13-14H,2-12H2,1H3,(H2,17,22)(H2,18,19,20). The maximum atomic E-state index is 11.3. The Labute approximate surface area is 133 Å². The number of primary amides is 1. The lowest BCUT2D eigenvalue weighted by molar-refractivity contribution is -0.123. The molecule has 0 aromatic heterocycles. The molecule has 2 aliphatic rings. The second kappa shape index (κ2) is 8.98. The number of hydrogen-bond donors (Lipinski definition) is 3. The predicted octanol–water partition coefficient (Wildman–Crippen LogP) is 0.539. The van der Waals surface area contributed by atoms with E-state index in [1.165, 1.54) is 12.8 Å². The summed E-state index contributed by atoms with van der Waals surface area (Å²) >= 11 is 0. The average Bonchev–Trinajstić information content (AvgIpc) is 3.33. The van der Waals surface area contributed by atoms with E-state index in [9.17, 15) is 4.79 Å². The van der Waals surface area contributed by atoms with Crippen molar-refractivity contribution >= 4 is 11.9 Å². The molecule has 0 spiro atoms. The number of carbonyl (C=O) groups excluding carboxylic acids is 1. The fourth-order valence-corrected chi connectivity index (χ4v) is 2.86. The van der Waals surface area contributed by atoms with Gasteiger partial charge in [-0.2, -0.15) is 0 Å². The summed E-state index contributed by atoms with van der Waals surface area (Å²) in [4.78, 5) is 18.3. The summed E-state index contributed by atoms with van der Waals surface area (Å²) < 4.78 is 0. The lowest BCUT2D eigenvalue weighted by Crippen LogP contribution is -2.43. The minimum absolute atomic E-state index is 0.0409. The first-order chi connectivity index (χ1) is 10.7. The van der Waals surface area contributed by atoms with Gasteiger partial charge in [-0.3, -0.25) is 9.79 Å². The van der Waals surface area contributed by atoms with Crippen LogP contribution in [0.3, 0.4) is 0 Å². The van der Waals surface area contributed by atoms with Crippen molar-refractivity contribution in [2.45, 2.75) is 39.0 Å². The van der Waals surface area contributed by atoms with Crippen LogP contribution in [0.15, 0.2) is 4.99 Å². The molecule has 0 aromatic carbocycles. The van der Waals surface area contributed by atoms with Crippen molar-refractivity contribution in [3.8, 4) is 0 Å². The molecule has 1 heterocycles. The summed E-state index contributed by atoms with van der Waals surface area (Å²) in [5.74, 6) is 1.64. The number of rotatable bonds is 8. The number of amides is 1. The van der Waals surface area contributed by atoms with Gasteiger partial charge in [-0.25, -0.2) is 0 Å². The number of nitrogens with one attached hydrogen (secondary N) is 2. The molecule has 1 saturated carbocycles. The van der Waals surface area contributed by atoms with Crippen molar-refractivity contribution in [2.75, 3.05) is 39.3 Å². The van der Waals surface area contributed by atoms with Crippen molar-refractivity contribution in [3.05, 3.63) is 0 Å². The van der Waals surface area contributed by atoms with Crippen LogP contribution in [0, 0.1) is 11.8 Å². The van der Waals surface area contributed by atoms with Crippen LogP contribution < -0.4 is 16.4 Å². The molecular formula is C16H31N5O. The third-order valence-electron chi connectivity index (χ3n) is 4.40. The SMILES string of the molecule is CCNC(=NCC1CC1)NCCCN1CCCC(C(N)=O)C1. The number of likely N-dealkylation sites (tertiary alicyclic amines) is 1. The van der Waals surface area contributed by atoms with Gasteiger partial charge in [0.05, 0.1) is 5.92 Å². The number of nitrogens with two attached hydrogens (primary N) is 1. The van der Waals surface area contributed by atoms with Crippen LogP contribution in [0.25, 0.3) is 0 Å². The lowest BCUT2D eigenvalue weighted by atomic mass is 9.97. The molecule has 1 unspecified atom stereocenters. The molecule has 1 amide bonds. The van der Waals surface area contributed by atoms with E-state index in [1.807, 2.05) is 0 Å². The molecule has 126 valence electrons. The minimum Gasteiger partial charge on any atom is -0.369 e. The average molecular weight is 309 g/mol. The highest BCUT2D eigenvalue weighted by Gasteiger charge is 2.23. The fraction of sp³-hybridized carbons (Fsp3) is 0.875. The third kappa shape index (κ3) is 6.22. The van der Waals surface area contributed by atoms with E-state index >= 15 is 0 Å². The number of nitrogens with zero attached hydrogens (tertiary/aromatic N) is 2. The topological polar surface area (TPSA) is 82.8 Å². The highest BCUT2D eigenvalue weighted by Crippen LogP contribution is 2.28. The highest BCUT2D eigenvalue weighted by atomic mass is 16.1. The van der Waals surface area contributed by atoms with Crippen LogP contribution in [0.5, 0.6) is 0 Å². The molecule has 0 aromatic rings.